The van der Waals surface area contributed by atoms with E-state index in [2.05, 4.69) is 4.98 Å². The van der Waals surface area contributed by atoms with Gasteiger partial charge in [-0.15, -0.1) is 0 Å². The number of halogens is 1. The monoisotopic (exact) mass is 252 g/mol. The van der Waals surface area contributed by atoms with Crippen molar-refractivity contribution in [3.05, 3.63) is 12.5 Å². The zero-order valence-corrected chi connectivity index (χ0v) is 10.1. The van der Waals surface area contributed by atoms with Crippen LogP contribution in [0.3, 0.4) is 0 Å². The molecule has 0 spiro atoms. The predicted molar refractivity (Wildman–Crippen MR) is 56.5 cm³/mol. The van der Waals surface area contributed by atoms with Gasteiger partial charge in [-0.3, -0.25) is 0 Å². The molecule has 0 N–H and O–H groups in total. The maximum atomic E-state index is 10.9. The molecule has 0 bridgehead atoms. The lowest BCUT2D eigenvalue weighted by atomic mass is 10.2. The third-order valence-electron chi connectivity index (χ3n) is 2.08. The number of rotatable bonds is 5. The summed E-state index contributed by atoms with van der Waals surface area (Å²) >= 11 is 0. The Morgan fingerprint density at radius 3 is 2.80 bits per heavy atom. The van der Waals surface area contributed by atoms with Crippen molar-refractivity contribution < 1.29 is 13.2 Å². The molecule has 0 radical (unpaired) electrons. The van der Waals surface area contributed by atoms with E-state index in [1.807, 2.05) is 6.92 Å². The Hall–Kier alpha value is -0.590. The molecule has 0 saturated heterocycles. The zero-order chi connectivity index (χ0) is 11.5. The van der Waals surface area contributed by atoms with E-state index in [1.165, 1.54) is 12.5 Å². The van der Waals surface area contributed by atoms with Crippen LogP contribution in [0.2, 0.25) is 0 Å². The predicted octanol–water partition coefficient (Wildman–Crippen LogP) is 1.41. The fourth-order valence-corrected chi connectivity index (χ4v) is 1.78. The fourth-order valence-electron chi connectivity index (χ4n) is 1.12. The van der Waals surface area contributed by atoms with E-state index >= 15 is 0 Å². The van der Waals surface area contributed by atoms with Gasteiger partial charge in [-0.1, -0.05) is 0 Å². The van der Waals surface area contributed by atoms with Crippen molar-refractivity contribution in [2.24, 2.45) is 0 Å². The first kappa shape index (κ1) is 12.5. The lowest BCUT2D eigenvalue weighted by Gasteiger charge is -2.11. The van der Waals surface area contributed by atoms with Crippen LogP contribution in [0.1, 0.15) is 19.4 Å². The fraction of sp³-hybridized carbons (Fsp3) is 0.625. The van der Waals surface area contributed by atoms with Gasteiger partial charge < -0.3 is 9.30 Å². The van der Waals surface area contributed by atoms with Gasteiger partial charge in [-0.2, -0.15) is 0 Å². The first-order chi connectivity index (χ1) is 6.95. The Morgan fingerprint density at radius 2 is 2.33 bits per heavy atom. The Bertz CT molecular complexity index is 415. The van der Waals surface area contributed by atoms with Crippen LogP contribution in [0.4, 0.5) is 0 Å². The highest BCUT2D eigenvalue weighted by Gasteiger charge is 2.15. The molecule has 15 heavy (non-hydrogen) atoms. The van der Waals surface area contributed by atoms with E-state index in [1.54, 1.807) is 11.7 Å². The highest BCUT2D eigenvalue weighted by molar-refractivity contribution is 8.13. The standard InChI is InChI=1S/C8H13ClN2O3S/c1-7(3-4-14-2)11-5-8(10-6-11)15(9,12)13/h5-7H,3-4H2,1-2H3. The Labute approximate surface area is 93.4 Å². The first-order valence-electron chi connectivity index (χ1n) is 4.42. The highest BCUT2D eigenvalue weighted by Crippen LogP contribution is 2.16. The molecule has 0 aliphatic rings. The number of imidazole rings is 1. The molecular weight excluding hydrogens is 240 g/mol. The smallest absolute Gasteiger partial charge is 0.280 e. The van der Waals surface area contributed by atoms with E-state index in [-0.39, 0.29) is 11.1 Å². The summed E-state index contributed by atoms with van der Waals surface area (Å²) in [5, 5.41) is -0.117. The minimum absolute atomic E-state index is 0.117. The maximum absolute atomic E-state index is 10.9. The van der Waals surface area contributed by atoms with Gasteiger partial charge in [0.1, 0.15) is 0 Å². The average molecular weight is 253 g/mol. The molecule has 1 aromatic heterocycles. The van der Waals surface area contributed by atoms with Gasteiger partial charge in [0.05, 0.1) is 6.33 Å². The minimum atomic E-state index is -3.73. The largest absolute Gasteiger partial charge is 0.385 e. The van der Waals surface area contributed by atoms with E-state index < -0.39 is 9.05 Å². The quantitative estimate of drug-likeness (QED) is 0.744. The molecule has 86 valence electrons. The van der Waals surface area contributed by atoms with Gasteiger partial charge in [-0.05, 0) is 13.3 Å². The van der Waals surface area contributed by atoms with Gasteiger partial charge >= 0.3 is 0 Å². The van der Waals surface area contributed by atoms with Gasteiger partial charge in [-0.25, -0.2) is 13.4 Å². The van der Waals surface area contributed by atoms with Crippen LogP contribution < -0.4 is 0 Å². The number of hydrogen-bond donors (Lipinski definition) is 0. The van der Waals surface area contributed by atoms with Crippen molar-refractivity contribution in [1.29, 1.82) is 0 Å². The van der Waals surface area contributed by atoms with Crippen molar-refractivity contribution in [2.45, 2.75) is 24.4 Å². The van der Waals surface area contributed by atoms with E-state index in [0.717, 1.165) is 6.42 Å². The summed E-state index contributed by atoms with van der Waals surface area (Å²) in [5.41, 5.74) is 0. The second-order valence-electron chi connectivity index (χ2n) is 3.23. The molecule has 1 atom stereocenters. The van der Waals surface area contributed by atoms with Crippen LogP contribution in [0, 0.1) is 0 Å². The number of hydrogen-bond acceptors (Lipinski definition) is 4. The molecule has 1 unspecified atom stereocenters. The lowest BCUT2D eigenvalue weighted by Crippen LogP contribution is -2.05. The third-order valence-corrected chi connectivity index (χ3v) is 3.26. The summed E-state index contributed by atoms with van der Waals surface area (Å²) in [6, 6.07) is 0.129. The molecule has 0 fully saturated rings. The van der Waals surface area contributed by atoms with E-state index in [0.29, 0.717) is 6.61 Å². The number of nitrogens with zero attached hydrogens (tertiary/aromatic N) is 2. The molecule has 1 heterocycles. The summed E-state index contributed by atoms with van der Waals surface area (Å²) < 4.78 is 28.5. The number of aromatic nitrogens is 2. The first-order valence-corrected chi connectivity index (χ1v) is 6.73. The zero-order valence-electron chi connectivity index (χ0n) is 8.55. The third kappa shape index (κ3) is 3.48. The summed E-state index contributed by atoms with van der Waals surface area (Å²) in [6.45, 7) is 2.56. The van der Waals surface area contributed by atoms with Crippen molar-refractivity contribution in [3.63, 3.8) is 0 Å². The van der Waals surface area contributed by atoms with Crippen LogP contribution in [-0.2, 0) is 13.8 Å². The maximum Gasteiger partial charge on any atom is 0.280 e. The molecule has 0 aromatic carbocycles. The second-order valence-corrected chi connectivity index (χ2v) is 5.74. The van der Waals surface area contributed by atoms with Crippen molar-refractivity contribution in [3.8, 4) is 0 Å². The van der Waals surface area contributed by atoms with Gasteiger partial charge in [0.15, 0.2) is 5.03 Å². The molecule has 1 aromatic rings. The summed E-state index contributed by atoms with van der Waals surface area (Å²) in [4.78, 5) is 3.72. The summed E-state index contributed by atoms with van der Waals surface area (Å²) in [6.07, 6.45) is 3.66. The molecule has 1 rings (SSSR count). The number of methoxy groups -OCH3 is 1. The van der Waals surface area contributed by atoms with Crippen LogP contribution in [-0.4, -0.2) is 31.7 Å². The molecule has 0 saturated carbocycles. The molecular formula is C8H13ClN2O3S. The van der Waals surface area contributed by atoms with Gasteiger partial charge in [0, 0.05) is 36.6 Å². The van der Waals surface area contributed by atoms with Gasteiger partial charge in [0.25, 0.3) is 9.05 Å². The molecule has 0 aliphatic carbocycles. The van der Waals surface area contributed by atoms with Crippen molar-refractivity contribution in [1.82, 2.24) is 9.55 Å². The molecule has 0 amide bonds. The second kappa shape index (κ2) is 4.96. The van der Waals surface area contributed by atoms with Crippen LogP contribution in [0.15, 0.2) is 17.6 Å². The van der Waals surface area contributed by atoms with E-state index in [9.17, 15) is 8.42 Å². The Balaban J connectivity index is 2.76. The Morgan fingerprint density at radius 1 is 1.67 bits per heavy atom. The molecule has 5 nitrogen and oxygen atoms in total. The van der Waals surface area contributed by atoms with Crippen LogP contribution >= 0.6 is 10.7 Å². The molecule has 7 heteroatoms. The summed E-state index contributed by atoms with van der Waals surface area (Å²) in [7, 11) is 3.05. The topological polar surface area (TPSA) is 61.2 Å². The van der Waals surface area contributed by atoms with Crippen molar-refractivity contribution in [2.75, 3.05) is 13.7 Å². The average Bonchev–Trinajstić information content (AvgIpc) is 2.62. The highest BCUT2D eigenvalue weighted by atomic mass is 35.7. The normalized spacial score (nSPS) is 14.1. The Kier molecular flexibility index (Phi) is 4.12. The minimum Gasteiger partial charge on any atom is -0.385 e. The summed E-state index contributed by atoms with van der Waals surface area (Å²) in [5.74, 6) is 0. The van der Waals surface area contributed by atoms with Crippen LogP contribution in [0.5, 0.6) is 0 Å². The molecule has 0 aliphatic heterocycles. The lowest BCUT2D eigenvalue weighted by molar-refractivity contribution is 0.181. The SMILES string of the molecule is COCCC(C)n1cnc(S(=O)(=O)Cl)c1. The van der Waals surface area contributed by atoms with Gasteiger partial charge in [0.2, 0.25) is 0 Å². The van der Waals surface area contributed by atoms with Crippen molar-refractivity contribution >= 4 is 19.7 Å². The van der Waals surface area contributed by atoms with E-state index in [4.69, 9.17) is 15.4 Å². The van der Waals surface area contributed by atoms with Crippen LogP contribution in [0.25, 0.3) is 0 Å². The number of ether oxygens (including phenoxy) is 1.